The van der Waals surface area contributed by atoms with Gasteiger partial charge in [-0.05, 0) is 18.2 Å². The minimum absolute atomic E-state index is 0.339. The van der Waals surface area contributed by atoms with Gasteiger partial charge in [-0.1, -0.05) is 5.92 Å². The minimum Gasteiger partial charge on any atom is -0.459 e. The molecule has 0 unspecified atom stereocenters. The van der Waals surface area contributed by atoms with Crippen LogP contribution >= 0.6 is 0 Å². The third-order valence-corrected chi connectivity index (χ3v) is 1.65. The van der Waals surface area contributed by atoms with E-state index in [4.69, 9.17) is 11.0 Å². The third kappa shape index (κ3) is 2.75. The molecule has 0 aliphatic rings. The standard InChI is InChI=1S/C11H8N2O2/c1-15-11(14)5-3-8-2-4-10(13)6-9(8)7-12/h2,4,6H,13H2,1H3. The van der Waals surface area contributed by atoms with Crippen molar-refractivity contribution in [3.63, 3.8) is 0 Å². The second-order valence-electron chi connectivity index (χ2n) is 2.66. The first-order valence-electron chi connectivity index (χ1n) is 4.07. The first-order valence-corrected chi connectivity index (χ1v) is 4.07. The molecule has 0 bridgehead atoms. The molecule has 0 saturated carbocycles. The second-order valence-corrected chi connectivity index (χ2v) is 2.66. The number of benzene rings is 1. The molecule has 4 nitrogen and oxygen atoms in total. The van der Waals surface area contributed by atoms with Crippen LogP contribution in [0, 0.1) is 23.2 Å². The van der Waals surface area contributed by atoms with E-state index in [1.54, 1.807) is 12.1 Å². The largest absolute Gasteiger partial charge is 0.459 e. The minimum atomic E-state index is -0.643. The fourth-order valence-corrected chi connectivity index (χ4v) is 0.933. The van der Waals surface area contributed by atoms with Crippen LogP contribution in [0.15, 0.2) is 18.2 Å². The average Bonchev–Trinajstić information content (AvgIpc) is 2.26. The Morgan fingerprint density at radius 1 is 1.47 bits per heavy atom. The molecular formula is C11H8N2O2. The summed E-state index contributed by atoms with van der Waals surface area (Å²) in [5.74, 6) is 4.14. The van der Waals surface area contributed by atoms with Crippen LogP contribution < -0.4 is 5.73 Å². The summed E-state index contributed by atoms with van der Waals surface area (Å²) in [6.07, 6.45) is 0. The van der Waals surface area contributed by atoms with Gasteiger partial charge >= 0.3 is 5.97 Å². The summed E-state index contributed by atoms with van der Waals surface area (Å²) in [5, 5.41) is 8.78. The highest BCUT2D eigenvalue weighted by atomic mass is 16.5. The van der Waals surface area contributed by atoms with Gasteiger partial charge in [0, 0.05) is 17.2 Å². The lowest BCUT2D eigenvalue weighted by molar-refractivity contribution is -0.133. The van der Waals surface area contributed by atoms with E-state index < -0.39 is 5.97 Å². The number of esters is 1. The maximum atomic E-state index is 10.7. The zero-order valence-corrected chi connectivity index (χ0v) is 8.07. The van der Waals surface area contributed by atoms with Crippen LogP contribution in [-0.4, -0.2) is 13.1 Å². The SMILES string of the molecule is COC(=O)C#Cc1ccc(N)cc1C#N. The normalized spacial score (nSPS) is 8.27. The molecule has 15 heavy (non-hydrogen) atoms. The van der Waals surface area contributed by atoms with Crippen LogP contribution in [0.2, 0.25) is 0 Å². The van der Waals surface area contributed by atoms with Gasteiger partial charge in [-0.15, -0.1) is 0 Å². The lowest BCUT2D eigenvalue weighted by Gasteiger charge is -1.96. The molecule has 0 spiro atoms. The quantitative estimate of drug-likeness (QED) is 0.379. The molecule has 0 aliphatic carbocycles. The number of carbonyl (C=O) groups excluding carboxylic acids is 1. The molecule has 0 saturated heterocycles. The number of hydrogen-bond acceptors (Lipinski definition) is 4. The van der Waals surface area contributed by atoms with Crippen molar-refractivity contribution in [3.8, 4) is 17.9 Å². The number of nitriles is 1. The Balaban J connectivity index is 3.09. The predicted octanol–water partition coefficient (Wildman–Crippen LogP) is 0.665. The van der Waals surface area contributed by atoms with Crippen LogP contribution in [0.4, 0.5) is 5.69 Å². The summed E-state index contributed by atoms with van der Waals surface area (Å²) in [7, 11) is 1.24. The zero-order valence-electron chi connectivity index (χ0n) is 8.07. The Kier molecular flexibility index (Phi) is 3.32. The van der Waals surface area contributed by atoms with E-state index in [2.05, 4.69) is 16.6 Å². The van der Waals surface area contributed by atoms with Crippen LogP contribution in [0.1, 0.15) is 11.1 Å². The Morgan fingerprint density at radius 2 is 2.20 bits per heavy atom. The molecule has 0 amide bonds. The number of nitrogens with zero attached hydrogens (tertiary/aromatic N) is 1. The van der Waals surface area contributed by atoms with Crippen LogP contribution in [0.3, 0.4) is 0 Å². The summed E-state index contributed by atoms with van der Waals surface area (Å²) in [4.78, 5) is 10.7. The molecule has 74 valence electrons. The van der Waals surface area contributed by atoms with Gasteiger partial charge in [-0.2, -0.15) is 5.26 Å². The predicted molar refractivity (Wildman–Crippen MR) is 54.5 cm³/mol. The van der Waals surface area contributed by atoms with E-state index >= 15 is 0 Å². The molecule has 0 aromatic heterocycles. The number of nitrogens with two attached hydrogens (primary N) is 1. The maximum absolute atomic E-state index is 10.7. The smallest absolute Gasteiger partial charge is 0.384 e. The van der Waals surface area contributed by atoms with Crippen LogP contribution in [0.5, 0.6) is 0 Å². The number of nitrogen functional groups attached to an aromatic ring is 1. The van der Waals surface area contributed by atoms with Crippen LogP contribution in [0.25, 0.3) is 0 Å². The van der Waals surface area contributed by atoms with Gasteiger partial charge in [0.2, 0.25) is 0 Å². The first kappa shape index (κ1) is 10.6. The van der Waals surface area contributed by atoms with E-state index in [0.717, 1.165) is 0 Å². The molecular weight excluding hydrogens is 192 g/mol. The van der Waals surface area contributed by atoms with Crippen molar-refractivity contribution in [1.29, 1.82) is 5.26 Å². The number of hydrogen-bond donors (Lipinski definition) is 1. The summed E-state index contributed by atoms with van der Waals surface area (Å²) in [6, 6.07) is 6.65. The third-order valence-electron chi connectivity index (χ3n) is 1.65. The van der Waals surface area contributed by atoms with Gasteiger partial charge in [0.1, 0.15) is 6.07 Å². The summed E-state index contributed by atoms with van der Waals surface area (Å²) < 4.78 is 4.35. The Morgan fingerprint density at radius 3 is 2.80 bits per heavy atom. The summed E-state index contributed by atoms with van der Waals surface area (Å²) in [5.41, 5.74) is 6.77. The van der Waals surface area contributed by atoms with Gasteiger partial charge in [-0.25, -0.2) is 4.79 Å². The highest BCUT2D eigenvalue weighted by Gasteiger charge is 1.99. The van der Waals surface area contributed by atoms with Gasteiger partial charge in [-0.3, -0.25) is 0 Å². The molecule has 0 heterocycles. The van der Waals surface area contributed by atoms with Crippen molar-refractivity contribution < 1.29 is 9.53 Å². The fraction of sp³-hybridized carbons (Fsp3) is 0.0909. The van der Waals surface area contributed by atoms with Crippen molar-refractivity contribution >= 4 is 11.7 Å². The molecule has 0 fully saturated rings. The number of ether oxygens (including phenoxy) is 1. The molecule has 0 radical (unpaired) electrons. The summed E-state index contributed by atoms with van der Waals surface area (Å²) >= 11 is 0. The Hall–Kier alpha value is -2.46. The highest BCUT2D eigenvalue weighted by Crippen LogP contribution is 2.11. The van der Waals surface area contributed by atoms with Crippen LogP contribution in [-0.2, 0) is 9.53 Å². The molecule has 0 aliphatic heterocycles. The molecule has 4 heteroatoms. The molecule has 2 N–H and O–H groups in total. The average molecular weight is 200 g/mol. The van der Waals surface area contributed by atoms with Gasteiger partial charge in [0.15, 0.2) is 0 Å². The lowest BCUT2D eigenvalue weighted by atomic mass is 10.1. The zero-order chi connectivity index (χ0) is 11.3. The maximum Gasteiger partial charge on any atom is 0.384 e. The van der Waals surface area contributed by atoms with Crippen molar-refractivity contribution in [2.24, 2.45) is 0 Å². The molecule has 1 aromatic rings. The number of carbonyl (C=O) groups is 1. The fourth-order valence-electron chi connectivity index (χ4n) is 0.933. The number of methoxy groups -OCH3 is 1. The second kappa shape index (κ2) is 4.69. The van der Waals surface area contributed by atoms with Crippen molar-refractivity contribution in [2.75, 3.05) is 12.8 Å². The molecule has 0 atom stereocenters. The number of rotatable bonds is 0. The molecule has 1 rings (SSSR count). The lowest BCUT2D eigenvalue weighted by Crippen LogP contribution is -1.95. The Labute approximate surface area is 87.3 Å². The van der Waals surface area contributed by atoms with Gasteiger partial charge in [0.05, 0.1) is 12.7 Å². The number of anilines is 1. The van der Waals surface area contributed by atoms with E-state index in [-0.39, 0.29) is 0 Å². The van der Waals surface area contributed by atoms with Crippen molar-refractivity contribution in [3.05, 3.63) is 29.3 Å². The van der Waals surface area contributed by atoms with Crippen molar-refractivity contribution in [1.82, 2.24) is 0 Å². The monoisotopic (exact) mass is 200 g/mol. The van der Waals surface area contributed by atoms with E-state index in [1.165, 1.54) is 13.2 Å². The van der Waals surface area contributed by atoms with E-state index in [1.807, 2.05) is 6.07 Å². The van der Waals surface area contributed by atoms with Gasteiger partial charge in [0.25, 0.3) is 0 Å². The topological polar surface area (TPSA) is 76.1 Å². The van der Waals surface area contributed by atoms with E-state index in [0.29, 0.717) is 16.8 Å². The van der Waals surface area contributed by atoms with Gasteiger partial charge < -0.3 is 10.5 Å². The van der Waals surface area contributed by atoms with Crippen molar-refractivity contribution in [2.45, 2.75) is 0 Å². The summed E-state index contributed by atoms with van der Waals surface area (Å²) in [6.45, 7) is 0. The Bertz CT molecular complexity index is 490. The first-order chi connectivity index (χ1) is 7.17. The van der Waals surface area contributed by atoms with E-state index in [9.17, 15) is 4.79 Å². The molecule has 1 aromatic carbocycles. The highest BCUT2D eigenvalue weighted by molar-refractivity contribution is 5.89.